The molecule has 3 atom stereocenters. The van der Waals surface area contributed by atoms with E-state index in [4.69, 9.17) is 15.9 Å². The first-order valence-corrected chi connectivity index (χ1v) is 12.3. The third kappa shape index (κ3) is 6.84. The highest BCUT2D eigenvalue weighted by Crippen LogP contribution is 2.29. The number of hydrogen-bond donors (Lipinski definition) is 5. The number of hydrogen-bond acceptors (Lipinski definition) is 9. The molecule has 41 heavy (non-hydrogen) atoms. The van der Waals surface area contributed by atoms with E-state index in [1.54, 1.807) is 30.3 Å². The molecule has 3 rings (SSSR count). The van der Waals surface area contributed by atoms with Gasteiger partial charge in [-0.3, -0.25) is 29.5 Å². The minimum absolute atomic E-state index is 0.172. The van der Waals surface area contributed by atoms with Crippen LogP contribution in [0.2, 0.25) is 0 Å². The standard InChI is InChI=1S/C27H30N6O8/c1-27(17-11-9-16(10-12-17)22(28)29)25(38)33(26(39)32-27)14-19(34)30-18(13-20(35)40-2)23(36)31-21(24(37)41-3)15-7-5-4-6-8-15/h4-12,18,21H,13-14H2,1-3H3,(H3,28,29)(H,30,34)(H,31,36)(H,32,39)/t18-,21-,27?/m0/s1. The molecule has 0 radical (unpaired) electrons. The molecule has 0 saturated carbocycles. The van der Waals surface area contributed by atoms with Crippen LogP contribution in [0.3, 0.4) is 0 Å². The predicted molar refractivity (Wildman–Crippen MR) is 143 cm³/mol. The van der Waals surface area contributed by atoms with E-state index in [9.17, 15) is 28.8 Å². The Kier molecular flexibility index (Phi) is 9.39. The number of imide groups is 1. The number of nitrogens with one attached hydrogen (secondary N) is 4. The Hall–Kier alpha value is -5.27. The molecule has 0 spiro atoms. The Labute approximate surface area is 235 Å². The number of nitrogen functional groups attached to an aromatic ring is 1. The topological polar surface area (TPSA) is 210 Å². The zero-order valence-corrected chi connectivity index (χ0v) is 22.6. The first-order chi connectivity index (χ1) is 19.4. The third-order valence-corrected chi connectivity index (χ3v) is 6.46. The third-order valence-electron chi connectivity index (χ3n) is 6.46. The molecule has 1 heterocycles. The molecule has 1 aliphatic heterocycles. The van der Waals surface area contributed by atoms with Gasteiger partial charge in [-0.25, -0.2) is 9.59 Å². The SMILES string of the molecule is COC(=O)C[C@H](NC(=O)CN1C(=O)NC(C)(c2ccc(C(=N)N)cc2)C1=O)C(=O)N[C@H](C(=O)OC)c1ccccc1. The van der Waals surface area contributed by atoms with E-state index in [1.165, 1.54) is 31.2 Å². The van der Waals surface area contributed by atoms with Gasteiger partial charge in [-0.15, -0.1) is 0 Å². The van der Waals surface area contributed by atoms with Crippen LogP contribution >= 0.6 is 0 Å². The Morgan fingerprint density at radius 2 is 1.63 bits per heavy atom. The number of carbonyl (C=O) groups excluding carboxylic acids is 6. The van der Waals surface area contributed by atoms with E-state index in [0.717, 1.165) is 14.2 Å². The molecule has 14 nitrogen and oxygen atoms in total. The van der Waals surface area contributed by atoms with Gasteiger partial charge in [0.25, 0.3) is 5.91 Å². The Morgan fingerprint density at radius 1 is 1.00 bits per heavy atom. The summed E-state index contributed by atoms with van der Waals surface area (Å²) in [7, 11) is 2.24. The molecule has 216 valence electrons. The van der Waals surface area contributed by atoms with E-state index in [1.807, 2.05) is 0 Å². The molecule has 0 bridgehead atoms. The number of nitrogens with two attached hydrogens (primary N) is 1. The Morgan fingerprint density at radius 3 is 2.20 bits per heavy atom. The van der Waals surface area contributed by atoms with Crippen molar-refractivity contribution in [1.82, 2.24) is 20.9 Å². The van der Waals surface area contributed by atoms with Crippen LogP contribution in [0.4, 0.5) is 4.79 Å². The molecule has 1 aliphatic rings. The van der Waals surface area contributed by atoms with Crippen molar-refractivity contribution in [2.24, 2.45) is 5.73 Å². The van der Waals surface area contributed by atoms with Crippen LogP contribution < -0.4 is 21.7 Å². The largest absolute Gasteiger partial charge is 0.469 e. The fourth-order valence-electron chi connectivity index (χ4n) is 4.15. The van der Waals surface area contributed by atoms with Gasteiger partial charge >= 0.3 is 18.0 Å². The molecule has 1 fully saturated rings. The number of ether oxygens (including phenoxy) is 2. The molecule has 2 aromatic carbocycles. The van der Waals surface area contributed by atoms with E-state index in [-0.39, 0.29) is 5.84 Å². The quantitative estimate of drug-likeness (QED) is 0.105. The van der Waals surface area contributed by atoms with Crippen LogP contribution in [-0.4, -0.2) is 73.2 Å². The second kappa shape index (κ2) is 12.7. The zero-order valence-electron chi connectivity index (χ0n) is 22.6. The Bertz CT molecular complexity index is 1360. The highest BCUT2D eigenvalue weighted by molar-refractivity contribution is 6.09. The molecule has 6 N–H and O–H groups in total. The number of amidine groups is 1. The van der Waals surface area contributed by atoms with Crippen molar-refractivity contribution in [1.29, 1.82) is 5.41 Å². The maximum Gasteiger partial charge on any atom is 0.333 e. The van der Waals surface area contributed by atoms with Crippen molar-refractivity contribution in [2.45, 2.75) is 31.0 Å². The highest BCUT2D eigenvalue weighted by Gasteiger charge is 2.49. The number of carbonyl (C=O) groups is 6. The smallest absolute Gasteiger partial charge is 0.333 e. The monoisotopic (exact) mass is 566 g/mol. The summed E-state index contributed by atoms with van der Waals surface area (Å²) in [5.41, 5.74) is 5.16. The molecule has 1 saturated heterocycles. The van der Waals surface area contributed by atoms with Crippen LogP contribution in [0.25, 0.3) is 0 Å². The van der Waals surface area contributed by atoms with Gasteiger partial charge in [0, 0.05) is 5.56 Å². The van der Waals surface area contributed by atoms with Crippen LogP contribution in [0.5, 0.6) is 0 Å². The van der Waals surface area contributed by atoms with Crippen LogP contribution in [-0.2, 0) is 39.0 Å². The minimum atomic E-state index is -1.52. The van der Waals surface area contributed by atoms with Gasteiger partial charge in [-0.05, 0) is 18.1 Å². The Balaban J connectivity index is 1.76. The second-order valence-electron chi connectivity index (χ2n) is 9.21. The molecule has 5 amide bonds. The van der Waals surface area contributed by atoms with Crippen molar-refractivity contribution in [3.8, 4) is 0 Å². The maximum atomic E-state index is 13.2. The second-order valence-corrected chi connectivity index (χ2v) is 9.21. The van der Waals surface area contributed by atoms with Crippen molar-refractivity contribution in [3.63, 3.8) is 0 Å². The average Bonchev–Trinajstić information content (AvgIpc) is 3.18. The zero-order chi connectivity index (χ0) is 30.3. The lowest BCUT2D eigenvalue weighted by Crippen LogP contribution is -2.52. The fraction of sp³-hybridized carbons (Fsp3) is 0.296. The number of esters is 2. The molecule has 0 aliphatic carbocycles. The summed E-state index contributed by atoms with van der Waals surface area (Å²) in [5, 5.41) is 14.8. The molecular formula is C27H30N6O8. The van der Waals surface area contributed by atoms with Crippen molar-refractivity contribution >= 4 is 41.5 Å². The maximum absolute atomic E-state index is 13.2. The summed E-state index contributed by atoms with van der Waals surface area (Å²) < 4.78 is 9.41. The summed E-state index contributed by atoms with van der Waals surface area (Å²) in [6, 6.07) is 10.6. The predicted octanol–water partition coefficient (Wildman–Crippen LogP) is -0.184. The first kappa shape index (κ1) is 30.3. The molecule has 0 aromatic heterocycles. The molecule has 1 unspecified atom stereocenters. The van der Waals surface area contributed by atoms with Gasteiger partial charge in [0.2, 0.25) is 11.8 Å². The first-order valence-electron chi connectivity index (χ1n) is 12.3. The lowest BCUT2D eigenvalue weighted by atomic mass is 9.91. The van der Waals surface area contributed by atoms with E-state index in [2.05, 4.69) is 20.7 Å². The van der Waals surface area contributed by atoms with E-state index in [0.29, 0.717) is 21.6 Å². The summed E-state index contributed by atoms with van der Waals surface area (Å²) >= 11 is 0. The number of nitrogens with zero attached hydrogens (tertiary/aromatic N) is 1. The highest BCUT2D eigenvalue weighted by atomic mass is 16.5. The van der Waals surface area contributed by atoms with E-state index < -0.39 is 66.3 Å². The van der Waals surface area contributed by atoms with Crippen LogP contribution in [0, 0.1) is 5.41 Å². The lowest BCUT2D eigenvalue weighted by molar-refractivity contribution is -0.146. The summed E-state index contributed by atoms with van der Waals surface area (Å²) in [4.78, 5) is 77.1. The van der Waals surface area contributed by atoms with Crippen LogP contribution in [0.15, 0.2) is 54.6 Å². The summed E-state index contributed by atoms with van der Waals surface area (Å²) in [6.07, 6.45) is -0.600. The van der Waals surface area contributed by atoms with Gasteiger partial charge < -0.3 is 31.2 Å². The fourth-order valence-corrected chi connectivity index (χ4v) is 4.15. The van der Waals surface area contributed by atoms with E-state index >= 15 is 0 Å². The van der Waals surface area contributed by atoms with Crippen molar-refractivity contribution in [2.75, 3.05) is 20.8 Å². The molecular weight excluding hydrogens is 536 g/mol. The summed E-state index contributed by atoms with van der Waals surface area (Å²) in [6.45, 7) is 0.688. The van der Waals surface area contributed by atoms with Gasteiger partial charge in [0.05, 0.1) is 20.6 Å². The van der Waals surface area contributed by atoms with Crippen LogP contribution in [0.1, 0.15) is 36.1 Å². The van der Waals surface area contributed by atoms with Gasteiger partial charge in [-0.1, -0.05) is 54.6 Å². The number of amides is 5. The molecule has 14 heteroatoms. The normalized spacial score (nSPS) is 17.6. The lowest BCUT2D eigenvalue weighted by Gasteiger charge is -2.24. The average molecular weight is 567 g/mol. The number of benzene rings is 2. The van der Waals surface area contributed by atoms with Crippen molar-refractivity contribution < 1.29 is 38.2 Å². The number of methoxy groups -OCH3 is 2. The van der Waals surface area contributed by atoms with Crippen molar-refractivity contribution in [3.05, 3.63) is 71.3 Å². The van der Waals surface area contributed by atoms with Gasteiger partial charge in [-0.2, -0.15) is 0 Å². The summed E-state index contributed by atoms with van der Waals surface area (Å²) in [5.74, 6) is -4.37. The molecule has 2 aromatic rings. The number of urea groups is 1. The van der Waals surface area contributed by atoms with Gasteiger partial charge in [0.1, 0.15) is 24.0 Å². The number of rotatable bonds is 11. The van der Waals surface area contributed by atoms with Gasteiger partial charge in [0.15, 0.2) is 6.04 Å². The minimum Gasteiger partial charge on any atom is -0.469 e.